The minimum atomic E-state index is -0.376. The zero-order valence-corrected chi connectivity index (χ0v) is 13.8. The summed E-state index contributed by atoms with van der Waals surface area (Å²) >= 11 is 1.76. The molecule has 0 radical (unpaired) electrons. The Labute approximate surface area is 122 Å². The molecule has 112 valence electrons. The molecule has 1 saturated carbocycles. The molecule has 0 aromatic carbocycles. The molecule has 0 amide bonds. The third-order valence-electron chi connectivity index (χ3n) is 3.36. The second-order valence-corrected chi connectivity index (χ2v) is 7.75. The van der Waals surface area contributed by atoms with Crippen LogP contribution in [0, 0.1) is 5.92 Å². The summed E-state index contributed by atoms with van der Waals surface area (Å²) in [5.74, 6) is 1.15. The summed E-state index contributed by atoms with van der Waals surface area (Å²) < 4.78 is 5.37. The smallest absolute Gasteiger partial charge is 0.316 e. The number of esters is 1. The van der Waals surface area contributed by atoms with Gasteiger partial charge in [0.2, 0.25) is 0 Å². The van der Waals surface area contributed by atoms with Gasteiger partial charge in [-0.25, -0.2) is 0 Å². The van der Waals surface area contributed by atoms with Crippen molar-refractivity contribution >= 4 is 17.7 Å². The van der Waals surface area contributed by atoms with Crippen LogP contribution in [0.15, 0.2) is 0 Å². The van der Waals surface area contributed by atoms with Crippen LogP contribution in [-0.2, 0) is 9.53 Å². The second-order valence-electron chi connectivity index (χ2n) is 6.52. The normalized spacial score (nSPS) is 28.2. The molecular weight excluding hydrogens is 258 g/mol. The van der Waals surface area contributed by atoms with Crippen LogP contribution in [0.4, 0.5) is 0 Å². The summed E-state index contributed by atoms with van der Waals surface area (Å²) in [6.07, 6.45) is 3.72. The van der Waals surface area contributed by atoms with Gasteiger partial charge in [0, 0.05) is 11.3 Å². The minimum Gasteiger partial charge on any atom is -0.459 e. The van der Waals surface area contributed by atoms with Crippen molar-refractivity contribution in [2.75, 3.05) is 12.3 Å². The Bertz CT molecular complexity index is 288. The van der Waals surface area contributed by atoms with E-state index in [0.29, 0.717) is 17.0 Å². The highest BCUT2D eigenvalue weighted by molar-refractivity contribution is 8.00. The molecular formula is C15H29NO2S. The molecule has 19 heavy (non-hydrogen) atoms. The summed E-state index contributed by atoms with van der Waals surface area (Å²) in [6, 6.07) is 0.550. The maximum absolute atomic E-state index is 11.8. The van der Waals surface area contributed by atoms with Gasteiger partial charge in [-0.05, 0) is 52.5 Å². The molecule has 0 bridgehead atoms. The minimum absolute atomic E-state index is 0.0917. The topological polar surface area (TPSA) is 38.3 Å². The number of rotatable bonds is 5. The molecule has 1 aliphatic carbocycles. The average Bonchev–Trinajstić information content (AvgIpc) is 2.27. The van der Waals surface area contributed by atoms with Crippen molar-refractivity contribution in [3.63, 3.8) is 0 Å². The first-order valence-electron chi connectivity index (χ1n) is 7.38. The van der Waals surface area contributed by atoms with Crippen molar-refractivity contribution in [2.45, 2.75) is 70.8 Å². The Morgan fingerprint density at radius 1 is 1.37 bits per heavy atom. The Morgan fingerprint density at radius 2 is 2.05 bits per heavy atom. The lowest BCUT2D eigenvalue weighted by Crippen LogP contribution is -2.42. The van der Waals surface area contributed by atoms with E-state index in [2.05, 4.69) is 19.2 Å². The van der Waals surface area contributed by atoms with Crippen LogP contribution in [-0.4, -0.2) is 35.2 Å². The molecule has 0 aliphatic heterocycles. The van der Waals surface area contributed by atoms with Gasteiger partial charge < -0.3 is 10.1 Å². The fraction of sp³-hybridized carbons (Fsp3) is 0.933. The zero-order valence-electron chi connectivity index (χ0n) is 13.0. The molecule has 3 unspecified atom stereocenters. The summed E-state index contributed by atoms with van der Waals surface area (Å²) in [5, 5.41) is 4.09. The number of thioether (sulfide) groups is 1. The lowest BCUT2D eigenvalue weighted by molar-refractivity contribution is -0.151. The largest absolute Gasteiger partial charge is 0.459 e. The second kappa shape index (κ2) is 7.53. The summed E-state index contributed by atoms with van der Waals surface area (Å²) in [6.45, 7) is 11.2. The van der Waals surface area contributed by atoms with E-state index in [1.54, 1.807) is 11.8 Å². The molecule has 1 aliphatic rings. The number of carbonyl (C=O) groups is 1. The molecule has 4 heteroatoms. The standard InChI is InChI=1S/C15H29NO2S/c1-6-16-12-8-7-11(2)9-13(12)19-10-14(17)18-15(3,4)5/h11-13,16H,6-10H2,1-5H3. The summed E-state index contributed by atoms with van der Waals surface area (Å²) in [4.78, 5) is 11.8. The van der Waals surface area contributed by atoms with Crippen molar-refractivity contribution in [1.82, 2.24) is 5.32 Å². The van der Waals surface area contributed by atoms with Gasteiger partial charge >= 0.3 is 5.97 Å². The van der Waals surface area contributed by atoms with Gasteiger partial charge in [-0.15, -0.1) is 11.8 Å². The van der Waals surface area contributed by atoms with Gasteiger partial charge in [-0.2, -0.15) is 0 Å². The van der Waals surface area contributed by atoms with Crippen molar-refractivity contribution < 1.29 is 9.53 Å². The average molecular weight is 287 g/mol. The van der Waals surface area contributed by atoms with E-state index in [1.165, 1.54) is 19.3 Å². The van der Waals surface area contributed by atoms with Gasteiger partial charge in [-0.3, -0.25) is 4.79 Å². The predicted octanol–water partition coefficient (Wildman–Crippen LogP) is 3.23. The first-order chi connectivity index (χ1) is 8.81. The first kappa shape index (κ1) is 16.8. The fourth-order valence-corrected chi connectivity index (χ4v) is 3.89. The molecule has 3 atom stereocenters. The quantitative estimate of drug-likeness (QED) is 0.788. The summed E-state index contributed by atoms with van der Waals surface area (Å²) in [7, 11) is 0. The van der Waals surface area contributed by atoms with Gasteiger partial charge in [0.15, 0.2) is 0 Å². The molecule has 0 aromatic heterocycles. The molecule has 1 rings (SSSR count). The highest BCUT2D eigenvalue weighted by Gasteiger charge is 2.29. The van der Waals surface area contributed by atoms with Crippen LogP contribution < -0.4 is 5.32 Å². The van der Waals surface area contributed by atoms with Gasteiger partial charge in [-0.1, -0.05) is 13.8 Å². The lowest BCUT2D eigenvalue weighted by atomic mass is 9.87. The molecule has 0 spiro atoms. The number of ether oxygens (including phenoxy) is 1. The van der Waals surface area contributed by atoms with E-state index < -0.39 is 0 Å². The van der Waals surface area contributed by atoms with Gasteiger partial charge in [0.25, 0.3) is 0 Å². The van der Waals surface area contributed by atoms with Gasteiger partial charge in [0.1, 0.15) is 5.60 Å². The lowest BCUT2D eigenvalue weighted by Gasteiger charge is -2.35. The Kier molecular flexibility index (Phi) is 6.67. The third-order valence-corrected chi connectivity index (χ3v) is 4.71. The van der Waals surface area contributed by atoms with Crippen LogP contribution >= 0.6 is 11.8 Å². The monoisotopic (exact) mass is 287 g/mol. The van der Waals surface area contributed by atoms with E-state index in [0.717, 1.165) is 12.5 Å². The highest BCUT2D eigenvalue weighted by Crippen LogP contribution is 2.32. The number of hydrogen-bond acceptors (Lipinski definition) is 4. The van der Waals surface area contributed by atoms with Crippen LogP contribution in [0.5, 0.6) is 0 Å². The summed E-state index contributed by atoms with van der Waals surface area (Å²) in [5.41, 5.74) is -0.376. The van der Waals surface area contributed by atoms with Crippen LogP contribution in [0.25, 0.3) is 0 Å². The number of hydrogen-bond donors (Lipinski definition) is 1. The van der Waals surface area contributed by atoms with E-state index in [1.807, 2.05) is 20.8 Å². The Balaban J connectivity index is 2.41. The van der Waals surface area contributed by atoms with Crippen LogP contribution in [0.1, 0.15) is 53.9 Å². The third kappa shape index (κ3) is 6.66. The van der Waals surface area contributed by atoms with Gasteiger partial charge in [0.05, 0.1) is 5.75 Å². The Hall–Kier alpha value is -0.220. The van der Waals surface area contributed by atoms with E-state index in [-0.39, 0.29) is 11.6 Å². The highest BCUT2D eigenvalue weighted by atomic mass is 32.2. The van der Waals surface area contributed by atoms with E-state index in [4.69, 9.17) is 4.74 Å². The zero-order chi connectivity index (χ0) is 14.5. The molecule has 0 heterocycles. The maximum Gasteiger partial charge on any atom is 0.316 e. The van der Waals surface area contributed by atoms with Crippen molar-refractivity contribution in [1.29, 1.82) is 0 Å². The molecule has 0 saturated heterocycles. The number of carbonyl (C=O) groups excluding carboxylic acids is 1. The van der Waals surface area contributed by atoms with Crippen molar-refractivity contribution in [2.24, 2.45) is 5.92 Å². The molecule has 0 aromatic rings. The van der Waals surface area contributed by atoms with E-state index >= 15 is 0 Å². The first-order valence-corrected chi connectivity index (χ1v) is 8.43. The fourth-order valence-electron chi connectivity index (χ4n) is 2.55. The molecule has 1 fully saturated rings. The molecule has 1 N–H and O–H groups in total. The number of nitrogens with one attached hydrogen (secondary N) is 1. The van der Waals surface area contributed by atoms with Crippen molar-refractivity contribution in [3.05, 3.63) is 0 Å². The predicted molar refractivity (Wildman–Crippen MR) is 82.6 cm³/mol. The van der Waals surface area contributed by atoms with Crippen LogP contribution in [0.3, 0.4) is 0 Å². The van der Waals surface area contributed by atoms with E-state index in [9.17, 15) is 4.79 Å². The molecule has 3 nitrogen and oxygen atoms in total. The van der Waals surface area contributed by atoms with Crippen LogP contribution in [0.2, 0.25) is 0 Å². The maximum atomic E-state index is 11.8. The SMILES string of the molecule is CCNC1CCC(C)CC1SCC(=O)OC(C)(C)C. The van der Waals surface area contributed by atoms with Crippen molar-refractivity contribution in [3.8, 4) is 0 Å². The Morgan fingerprint density at radius 3 is 2.63 bits per heavy atom.